The second kappa shape index (κ2) is 4.87. The molecule has 0 unspecified atom stereocenters. The SMILES string of the molecule is CC1(C)COP2N(C(C)(C)C)P(OC1)N2C(C)(C)C. The third-order valence-corrected chi connectivity index (χ3v) is 9.24. The Bertz CT molecular complexity index is 310. The van der Waals surface area contributed by atoms with Crippen LogP contribution in [0.5, 0.6) is 0 Å². The van der Waals surface area contributed by atoms with Crippen molar-refractivity contribution in [1.29, 1.82) is 0 Å². The molecule has 112 valence electrons. The zero-order valence-corrected chi connectivity index (χ0v) is 15.3. The molecule has 0 radical (unpaired) electrons. The number of nitrogens with zero attached hydrogens (tertiary/aromatic N) is 2. The van der Waals surface area contributed by atoms with E-state index in [9.17, 15) is 0 Å². The standard InChI is InChI=1S/C13H28N2O2P2/c1-11(2,3)14-18-15(12(4,5)6)19(14)17-10-13(7,8)9-16-18/h9-10H2,1-8H3. The van der Waals surface area contributed by atoms with Crippen molar-refractivity contribution in [2.75, 3.05) is 13.2 Å². The van der Waals surface area contributed by atoms with Crippen molar-refractivity contribution in [2.24, 2.45) is 5.41 Å². The van der Waals surface area contributed by atoms with Gasteiger partial charge in [0.1, 0.15) is 0 Å². The molecule has 2 bridgehead atoms. The number of hydrogen-bond donors (Lipinski definition) is 0. The zero-order chi connectivity index (χ0) is 14.6. The van der Waals surface area contributed by atoms with E-state index in [-0.39, 0.29) is 16.5 Å². The summed E-state index contributed by atoms with van der Waals surface area (Å²) in [5, 5.41) is 0. The van der Waals surface area contributed by atoms with Gasteiger partial charge >= 0.3 is 0 Å². The van der Waals surface area contributed by atoms with Crippen molar-refractivity contribution >= 4 is 16.9 Å². The molecule has 19 heavy (non-hydrogen) atoms. The lowest BCUT2D eigenvalue weighted by atomic mass is 9.97. The summed E-state index contributed by atoms with van der Waals surface area (Å²) in [7, 11) is -1.37. The fourth-order valence-electron chi connectivity index (χ4n) is 2.01. The van der Waals surface area contributed by atoms with Crippen molar-refractivity contribution in [1.82, 2.24) is 8.88 Å². The van der Waals surface area contributed by atoms with E-state index in [1.54, 1.807) is 0 Å². The summed E-state index contributed by atoms with van der Waals surface area (Å²) in [5.41, 5.74) is 0.316. The van der Waals surface area contributed by atoms with Crippen LogP contribution >= 0.6 is 16.9 Å². The Morgan fingerprint density at radius 2 is 1.11 bits per heavy atom. The van der Waals surface area contributed by atoms with E-state index in [1.807, 2.05) is 0 Å². The van der Waals surface area contributed by atoms with Gasteiger partial charge in [-0.3, -0.25) is 0 Å². The van der Waals surface area contributed by atoms with Gasteiger partial charge in [-0.15, -0.1) is 0 Å². The van der Waals surface area contributed by atoms with E-state index in [4.69, 9.17) is 9.05 Å². The smallest absolute Gasteiger partial charge is 0.202 e. The molecule has 0 N–H and O–H groups in total. The van der Waals surface area contributed by atoms with Gasteiger partial charge in [-0.05, 0) is 41.5 Å². The Morgan fingerprint density at radius 1 is 0.789 bits per heavy atom. The lowest BCUT2D eigenvalue weighted by Gasteiger charge is -2.63. The predicted molar refractivity (Wildman–Crippen MR) is 82.7 cm³/mol. The van der Waals surface area contributed by atoms with Crippen molar-refractivity contribution in [3.63, 3.8) is 0 Å². The first-order valence-electron chi connectivity index (χ1n) is 6.90. The van der Waals surface area contributed by atoms with Gasteiger partial charge in [-0.25, -0.2) is 0 Å². The van der Waals surface area contributed by atoms with E-state index in [0.29, 0.717) is 0 Å². The lowest BCUT2D eigenvalue weighted by molar-refractivity contribution is 0.0611. The highest BCUT2D eigenvalue weighted by molar-refractivity contribution is 7.78. The van der Waals surface area contributed by atoms with E-state index in [0.717, 1.165) is 13.2 Å². The quantitative estimate of drug-likeness (QED) is 0.604. The second-order valence-corrected chi connectivity index (χ2v) is 11.9. The maximum atomic E-state index is 6.30. The third-order valence-electron chi connectivity index (χ3n) is 2.99. The summed E-state index contributed by atoms with van der Waals surface area (Å²) in [6.45, 7) is 19.4. The molecule has 3 rings (SSSR count). The Labute approximate surface area is 120 Å². The second-order valence-electron chi connectivity index (χ2n) is 8.14. The maximum Gasteiger partial charge on any atom is 0.202 e. The molecule has 3 saturated heterocycles. The summed E-state index contributed by atoms with van der Waals surface area (Å²) in [6.07, 6.45) is 0. The van der Waals surface area contributed by atoms with Crippen LogP contribution in [0.3, 0.4) is 0 Å². The number of rotatable bonds is 0. The summed E-state index contributed by atoms with van der Waals surface area (Å²) in [4.78, 5) is 0. The van der Waals surface area contributed by atoms with Crippen LogP contribution in [0.25, 0.3) is 0 Å². The highest BCUT2D eigenvalue weighted by atomic mass is 31.3. The largest absolute Gasteiger partial charge is 0.330 e. The summed E-state index contributed by atoms with van der Waals surface area (Å²) in [6, 6.07) is 0. The fourth-order valence-corrected chi connectivity index (χ4v) is 7.86. The van der Waals surface area contributed by atoms with E-state index >= 15 is 0 Å². The normalized spacial score (nSPS) is 33.5. The van der Waals surface area contributed by atoms with Crippen LogP contribution in [0.2, 0.25) is 0 Å². The lowest BCUT2D eigenvalue weighted by Crippen LogP contribution is -2.55. The molecule has 0 saturated carbocycles. The first kappa shape index (κ1) is 16.1. The molecule has 0 atom stereocenters. The molecule has 0 spiro atoms. The molecule has 6 heteroatoms. The molecule has 3 heterocycles. The topological polar surface area (TPSA) is 24.9 Å². The summed E-state index contributed by atoms with van der Waals surface area (Å²) < 4.78 is 17.5. The van der Waals surface area contributed by atoms with Crippen molar-refractivity contribution in [3.05, 3.63) is 0 Å². The minimum Gasteiger partial charge on any atom is -0.330 e. The molecule has 3 aliphatic heterocycles. The summed E-state index contributed by atoms with van der Waals surface area (Å²) >= 11 is 0. The fraction of sp³-hybridized carbons (Fsp3) is 1.00. The Morgan fingerprint density at radius 3 is 1.37 bits per heavy atom. The van der Waals surface area contributed by atoms with Crippen molar-refractivity contribution < 1.29 is 9.05 Å². The van der Waals surface area contributed by atoms with Crippen molar-refractivity contribution in [3.8, 4) is 0 Å². The molecule has 0 aromatic carbocycles. The van der Waals surface area contributed by atoms with Crippen LogP contribution in [0.1, 0.15) is 55.4 Å². The Balaban J connectivity index is 2.25. The van der Waals surface area contributed by atoms with Gasteiger partial charge < -0.3 is 9.05 Å². The monoisotopic (exact) mass is 306 g/mol. The molecule has 0 aromatic heterocycles. The van der Waals surface area contributed by atoms with Gasteiger partial charge in [-0.2, -0.15) is 8.88 Å². The maximum absolute atomic E-state index is 6.30. The van der Waals surface area contributed by atoms with Crippen LogP contribution in [0.15, 0.2) is 0 Å². The summed E-state index contributed by atoms with van der Waals surface area (Å²) in [5.74, 6) is 0. The first-order chi connectivity index (χ1) is 8.43. The van der Waals surface area contributed by atoms with Gasteiger partial charge in [-0.1, -0.05) is 13.8 Å². The molecule has 4 nitrogen and oxygen atoms in total. The molecular formula is C13H28N2O2P2. The predicted octanol–water partition coefficient (Wildman–Crippen LogP) is 4.73. The van der Waals surface area contributed by atoms with Gasteiger partial charge in [0.2, 0.25) is 16.9 Å². The Kier molecular flexibility index (Phi) is 4.12. The number of hydrogen-bond acceptors (Lipinski definition) is 4. The molecule has 0 aliphatic carbocycles. The Hall–Kier alpha value is 0.700. The minimum atomic E-state index is -0.683. The molecule has 3 fully saturated rings. The van der Waals surface area contributed by atoms with E-state index in [2.05, 4.69) is 64.3 Å². The van der Waals surface area contributed by atoms with Gasteiger partial charge in [0.15, 0.2) is 0 Å². The van der Waals surface area contributed by atoms with Crippen LogP contribution in [0.4, 0.5) is 0 Å². The highest BCUT2D eigenvalue weighted by Crippen LogP contribution is 2.82. The molecule has 3 aliphatic rings. The van der Waals surface area contributed by atoms with Crippen molar-refractivity contribution in [2.45, 2.75) is 66.5 Å². The van der Waals surface area contributed by atoms with Gasteiger partial charge in [0, 0.05) is 16.5 Å². The first-order valence-corrected chi connectivity index (χ1v) is 9.23. The van der Waals surface area contributed by atoms with Crippen LogP contribution < -0.4 is 0 Å². The average Bonchev–Trinajstić information content (AvgIpc) is 2.05. The van der Waals surface area contributed by atoms with Gasteiger partial charge in [0.25, 0.3) is 0 Å². The third kappa shape index (κ3) is 3.15. The van der Waals surface area contributed by atoms with Crippen LogP contribution in [0, 0.1) is 5.41 Å². The minimum absolute atomic E-state index is 0.0979. The van der Waals surface area contributed by atoms with E-state index in [1.165, 1.54) is 0 Å². The molecular weight excluding hydrogens is 278 g/mol. The van der Waals surface area contributed by atoms with Crippen LogP contribution in [-0.2, 0) is 9.05 Å². The molecule has 0 aromatic rings. The van der Waals surface area contributed by atoms with Crippen LogP contribution in [-0.4, -0.2) is 33.2 Å². The van der Waals surface area contributed by atoms with Gasteiger partial charge in [0.05, 0.1) is 13.2 Å². The molecule has 0 amide bonds. The average molecular weight is 306 g/mol. The zero-order valence-electron chi connectivity index (χ0n) is 13.5. The highest BCUT2D eigenvalue weighted by Gasteiger charge is 2.60. The van der Waals surface area contributed by atoms with E-state index < -0.39 is 16.9 Å². The number of fused-ring (bicyclic) bond motifs is 4.